The number of nitrogens with zero attached hydrogens (tertiary/aromatic N) is 2. The van der Waals surface area contributed by atoms with E-state index >= 15 is 0 Å². The average Bonchev–Trinajstić information content (AvgIpc) is 3.37. The van der Waals surface area contributed by atoms with E-state index in [2.05, 4.69) is 15.7 Å². The monoisotopic (exact) mass is 521 g/mol. The van der Waals surface area contributed by atoms with Crippen LogP contribution in [0.2, 0.25) is 9.36 Å². The zero-order valence-corrected chi connectivity index (χ0v) is 20.9. The lowest BCUT2D eigenvalue weighted by Crippen LogP contribution is -2.21. The molecule has 0 amide bonds. The van der Waals surface area contributed by atoms with Crippen molar-refractivity contribution in [1.82, 2.24) is 4.90 Å². The largest absolute Gasteiger partial charge is 0.487 e. The fourth-order valence-electron chi connectivity index (χ4n) is 3.72. The number of hydrogen-bond acceptors (Lipinski definition) is 6. The van der Waals surface area contributed by atoms with E-state index in [0.717, 1.165) is 42.0 Å². The lowest BCUT2D eigenvalue weighted by atomic mass is 10.0. The molecule has 1 N–H and O–H groups in total. The maximum atomic E-state index is 13.1. The Hall–Kier alpha value is -2.28. The van der Waals surface area contributed by atoms with Gasteiger partial charge in [0.25, 0.3) is 10.0 Å². The Bertz CT molecular complexity index is 1320. The summed E-state index contributed by atoms with van der Waals surface area (Å²) in [6.45, 7) is 1.73. The van der Waals surface area contributed by atoms with Gasteiger partial charge in [-0.2, -0.15) is 5.26 Å². The quantitative estimate of drug-likeness (QED) is 0.432. The van der Waals surface area contributed by atoms with Crippen LogP contribution in [-0.2, 0) is 16.4 Å². The first-order valence-corrected chi connectivity index (χ1v) is 13.2. The normalized spacial score (nSPS) is 16.5. The maximum absolute atomic E-state index is 13.1. The molecule has 2 aromatic carbocycles. The average molecular weight is 522 g/mol. The van der Waals surface area contributed by atoms with E-state index in [1.807, 2.05) is 31.3 Å². The highest BCUT2D eigenvalue weighted by Crippen LogP contribution is 2.40. The summed E-state index contributed by atoms with van der Waals surface area (Å²) in [5.74, 6) is 0.437. The molecule has 0 unspecified atom stereocenters. The molecule has 3 aromatic rings. The Morgan fingerprint density at radius 1 is 1.21 bits per heavy atom. The van der Waals surface area contributed by atoms with Crippen LogP contribution in [0.1, 0.15) is 12.0 Å². The number of likely N-dealkylation sites (tertiary alicyclic amines) is 1. The first-order valence-electron chi connectivity index (χ1n) is 10.2. The molecule has 0 aliphatic carbocycles. The van der Waals surface area contributed by atoms with Crippen LogP contribution in [0.4, 0.5) is 5.69 Å². The van der Waals surface area contributed by atoms with Crippen LogP contribution in [0, 0.1) is 11.3 Å². The Morgan fingerprint density at radius 2 is 2.00 bits per heavy atom. The minimum Gasteiger partial charge on any atom is -0.487 e. The standard InChI is InChI=1S/C23H21Cl2N3O3S2/c1-28-11-9-17(14-28)31-21-12-16(6-7-20(21)24)27-33(29,30)22-13-19(23(25)32-22)18-5-3-2-4-15(18)8-10-26/h2-7,12-13,17,27H,8-9,11,14H2,1H3/t17-/m1/s1. The van der Waals surface area contributed by atoms with Crippen molar-refractivity contribution in [3.05, 3.63) is 63.5 Å². The summed E-state index contributed by atoms with van der Waals surface area (Å²) >= 11 is 13.7. The predicted molar refractivity (Wildman–Crippen MR) is 133 cm³/mol. The summed E-state index contributed by atoms with van der Waals surface area (Å²) in [5.41, 5.74) is 2.45. The number of rotatable bonds is 7. The highest BCUT2D eigenvalue weighted by atomic mass is 35.5. The van der Waals surface area contributed by atoms with Gasteiger partial charge in [0.1, 0.15) is 20.4 Å². The van der Waals surface area contributed by atoms with Crippen LogP contribution in [-0.4, -0.2) is 39.6 Å². The van der Waals surface area contributed by atoms with Crippen LogP contribution in [0.15, 0.2) is 52.7 Å². The van der Waals surface area contributed by atoms with Gasteiger partial charge in [-0.25, -0.2) is 8.42 Å². The number of sulfonamides is 1. The Kier molecular flexibility index (Phi) is 7.17. The van der Waals surface area contributed by atoms with E-state index < -0.39 is 10.0 Å². The minimum absolute atomic E-state index is 0.00602. The van der Waals surface area contributed by atoms with Gasteiger partial charge in [0.2, 0.25) is 0 Å². The molecule has 0 saturated carbocycles. The van der Waals surface area contributed by atoms with Gasteiger partial charge in [-0.15, -0.1) is 11.3 Å². The molecule has 2 heterocycles. The molecule has 1 fully saturated rings. The topological polar surface area (TPSA) is 82.4 Å². The van der Waals surface area contributed by atoms with Crippen LogP contribution < -0.4 is 9.46 Å². The summed E-state index contributed by atoms with van der Waals surface area (Å²) in [4.78, 5) is 2.16. The molecular weight excluding hydrogens is 501 g/mol. The molecule has 0 spiro atoms. The van der Waals surface area contributed by atoms with Gasteiger partial charge in [-0.3, -0.25) is 4.72 Å². The van der Waals surface area contributed by atoms with Crippen molar-refractivity contribution in [2.45, 2.75) is 23.2 Å². The van der Waals surface area contributed by atoms with Gasteiger partial charge in [0.15, 0.2) is 0 Å². The van der Waals surface area contributed by atoms with Crippen LogP contribution in [0.3, 0.4) is 0 Å². The third-order valence-corrected chi connectivity index (χ3v) is 8.86. The molecule has 33 heavy (non-hydrogen) atoms. The third kappa shape index (κ3) is 5.45. The number of benzene rings is 2. The Balaban J connectivity index is 1.59. The molecular formula is C23H21Cl2N3O3S2. The number of halogens is 2. The van der Waals surface area contributed by atoms with Gasteiger partial charge in [0.05, 0.1) is 23.2 Å². The molecule has 1 aliphatic rings. The van der Waals surface area contributed by atoms with Gasteiger partial charge >= 0.3 is 0 Å². The summed E-state index contributed by atoms with van der Waals surface area (Å²) in [5, 5.41) is 9.51. The molecule has 1 saturated heterocycles. The fraction of sp³-hybridized carbons (Fsp3) is 0.261. The second kappa shape index (κ2) is 9.92. The van der Waals surface area contributed by atoms with Gasteiger partial charge in [-0.05, 0) is 42.8 Å². The van der Waals surface area contributed by atoms with E-state index in [0.29, 0.717) is 26.4 Å². The summed E-state index contributed by atoms with van der Waals surface area (Å²) in [6, 6.07) is 15.8. The Morgan fingerprint density at radius 3 is 2.73 bits per heavy atom. The maximum Gasteiger partial charge on any atom is 0.271 e. The highest BCUT2D eigenvalue weighted by molar-refractivity contribution is 7.94. The number of hydrogen-bond donors (Lipinski definition) is 1. The van der Waals surface area contributed by atoms with Crippen molar-refractivity contribution in [2.75, 3.05) is 24.9 Å². The number of nitriles is 1. The molecule has 0 bridgehead atoms. The van der Waals surface area contributed by atoms with Crippen LogP contribution >= 0.6 is 34.5 Å². The van der Waals surface area contributed by atoms with Crippen molar-refractivity contribution < 1.29 is 13.2 Å². The van der Waals surface area contributed by atoms with E-state index in [9.17, 15) is 8.42 Å². The minimum atomic E-state index is -3.90. The lowest BCUT2D eigenvalue weighted by molar-refractivity contribution is 0.208. The first kappa shape index (κ1) is 23.9. The van der Waals surface area contributed by atoms with E-state index in [4.69, 9.17) is 33.2 Å². The number of nitrogens with one attached hydrogen (secondary N) is 1. The first-order chi connectivity index (χ1) is 15.8. The lowest BCUT2D eigenvalue weighted by Gasteiger charge is -2.16. The van der Waals surface area contributed by atoms with Crippen molar-refractivity contribution in [2.24, 2.45) is 0 Å². The number of likely N-dealkylation sites (N-methyl/N-ethyl adjacent to an activating group) is 1. The second-order valence-corrected chi connectivity index (χ2v) is 11.8. The number of anilines is 1. The van der Waals surface area contributed by atoms with Crippen molar-refractivity contribution in [3.63, 3.8) is 0 Å². The predicted octanol–water partition coefficient (Wildman–Crippen LogP) is 5.67. The van der Waals surface area contributed by atoms with Gasteiger partial charge in [0, 0.05) is 24.7 Å². The van der Waals surface area contributed by atoms with E-state index in [-0.39, 0.29) is 16.7 Å². The Labute approximate surface area is 207 Å². The number of ether oxygens (including phenoxy) is 1. The van der Waals surface area contributed by atoms with Gasteiger partial charge in [-0.1, -0.05) is 47.5 Å². The summed E-state index contributed by atoms with van der Waals surface area (Å²) < 4.78 is 35.2. The summed E-state index contributed by atoms with van der Waals surface area (Å²) in [7, 11) is -1.88. The number of thiophene rings is 1. The summed E-state index contributed by atoms with van der Waals surface area (Å²) in [6.07, 6.45) is 1.09. The fourth-order valence-corrected chi connectivity index (χ4v) is 6.68. The molecule has 1 aliphatic heterocycles. The molecule has 1 aromatic heterocycles. The third-order valence-electron chi connectivity index (χ3n) is 5.33. The molecule has 6 nitrogen and oxygen atoms in total. The SMILES string of the molecule is CN1CC[C@@H](Oc2cc(NS(=O)(=O)c3cc(-c4ccccc4CC#N)c(Cl)s3)ccc2Cl)C1. The van der Waals surface area contributed by atoms with Crippen molar-refractivity contribution in [3.8, 4) is 22.9 Å². The molecule has 172 valence electrons. The van der Waals surface area contributed by atoms with E-state index in [1.165, 1.54) is 6.07 Å². The molecule has 0 radical (unpaired) electrons. The highest BCUT2D eigenvalue weighted by Gasteiger charge is 2.24. The van der Waals surface area contributed by atoms with Crippen molar-refractivity contribution >= 4 is 50.2 Å². The van der Waals surface area contributed by atoms with Gasteiger partial charge < -0.3 is 9.64 Å². The van der Waals surface area contributed by atoms with Crippen molar-refractivity contribution in [1.29, 1.82) is 5.26 Å². The van der Waals surface area contributed by atoms with Crippen LogP contribution in [0.5, 0.6) is 5.75 Å². The zero-order chi connectivity index (χ0) is 23.6. The molecule has 4 rings (SSSR count). The molecule has 10 heteroatoms. The zero-order valence-electron chi connectivity index (χ0n) is 17.7. The second-order valence-electron chi connectivity index (χ2n) is 7.79. The smallest absolute Gasteiger partial charge is 0.271 e. The van der Waals surface area contributed by atoms with Crippen LogP contribution in [0.25, 0.3) is 11.1 Å². The molecule has 1 atom stereocenters. The van der Waals surface area contributed by atoms with E-state index in [1.54, 1.807) is 18.2 Å².